The van der Waals surface area contributed by atoms with Crippen LogP contribution in [0.15, 0.2) is 55.1 Å². The number of carbonyl (C=O) groups excluding carboxylic acids is 1. The number of aromatic nitrogens is 6. The molecule has 5 rings (SSSR count). The monoisotopic (exact) mass is 550 g/mol. The summed E-state index contributed by atoms with van der Waals surface area (Å²) in [6.07, 6.45) is 4.72. The number of morpholine rings is 1. The fourth-order valence-corrected chi connectivity index (χ4v) is 4.26. The zero-order chi connectivity index (χ0) is 27.2. The van der Waals surface area contributed by atoms with Crippen LogP contribution < -0.4 is 14.8 Å². The van der Waals surface area contributed by atoms with Crippen LogP contribution in [0.5, 0.6) is 11.5 Å². The molecule has 1 N–H and O–H groups in total. The third kappa shape index (κ3) is 6.41. The molecule has 4 aromatic rings. The summed E-state index contributed by atoms with van der Waals surface area (Å²) in [6.45, 7) is 4.61. The highest BCUT2D eigenvalue weighted by atomic mass is 35.5. The molecular weight excluding hydrogens is 524 g/mol. The molecule has 1 saturated heterocycles. The smallest absolute Gasteiger partial charge is 0.254 e. The maximum atomic E-state index is 12.8. The van der Waals surface area contributed by atoms with Crippen LogP contribution in [-0.2, 0) is 11.3 Å². The van der Waals surface area contributed by atoms with Gasteiger partial charge in [-0.1, -0.05) is 17.7 Å². The summed E-state index contributed by atoms with van der Waals surface area (Å²) < 4.78 is 18.5. The standard InChI is InChI=1S/C26H27ClN8O4/c1-17(15-35-16-30-32-33-35)39-23-11-18(3-5-21(23)27)20-13-28-26(29-14-20)31-22-6-4-19(12-24(22)37-2)25(36)34-7-9-38-10-8-34/h3-6,11-14,16-17H,7-10,15H2,1-2H3,(H,28,29,31). The summed E-state index contributed by atoms with van der Waals surface area (Å²) >= 11 is 6.37. The number of tetrazole rings is 1. The lowest BCUT2D eigenvalue weighted by Gasteiger charge is -2.27. The number of hydrogen-bond donors (Lipinski definition) is 1. The van der Waals surface area contributed by atoms with E-state index in [2.05, 4.69) is 30.8 Å². The van der Waals surface area contributed by atoms with E-state index in [9.17, 15) is 4.79 Å². The van der Waals surface area contributed by atoms with Crippen LogP contribution in [0.1, 0.15) is 17.3 Å². The average molecular weight is 551 g/mol. The highest BCUT2D eigenvalue weighted by Gasteiger charge is 2.20. The lowest BCUT2D eigenvalue weighted by atomic mass is 10.1. The van der Waals surface area contributed by atoms with Gasteiger partial charge in [0.2, 0.25) is 5.95 Å². The van der Waals surface area contributed by atoms with E-state index >= 15 is 0 Å². The highest BCUT2D eigenvalue weighted by Crippen LogP contribution is 2.32. The van der Waals surface area contributed by atoms with Crippen molar-refractivity contribution in [3.8, 4) is 22.6 Å². The van der Waals surface area contributed by atoms with E-state index in [1.807, 2.05) is 19.1 Å². The Morgan fingerprint density at radius 3 is 2.62 bits per heavy atom. The van der Waals surface area contributed by atoms with Crippen LogP contribution in [0.25, 0.3) is 11.1 Å². The molecule has 39 heavy (non-hydrogen) atoms. The quantitative estimate of drug-likeness (QED) is 0.330. The van der Waals surface area contributed by atoms with Crippen LogP contribution in [-0.4, -0.2) is 80.5 Å². The van der Waals surface area contributed by atoms with Crippen molar-refractivity contribution in [2.24, 2.45) is 0 Å². The van der Waals surface area contributed by atoms with Crippen LogP contribution in [0.2, 0.25) is 5.02 Å². The second-order valence-corrected chi connectivity index (χ2v) is 9.25. The van der Waals surface area contributed by atoms with Gasteiger partial charge in [-0.05, 0) is 53.2 Å². The summed E-state index contributed by atoms with van der Waals surface area (Å²) in [4.78, 5) is 23.5. The molecule has 202 valence electrons. The van der Waals surface area contributed by atoms with Gasteiger partial charge in [0.1, 0.15) is 23.9 Å². The molecule has 0 saturated carbocycles. The van der Waals surface area contributed by atoms with Crippen molar-refractivity contribution in [1.82, 2.24) is 35.1 Å². The Morgan fingerprint density at radius 1 is 1.10 bits per heavy atom. The minimum Gasteiger partial charge on any atom is -0.495 e. The molecule has 0 bridgehead atoms. The largest absolute Gasteiger partial charge is 0.495 e. The molecule has 1 atom stereocenters. The summed E-state index contributed by atoms with van der Waals surface area (Å²) in [5, 5.41) is 14.8. The molecule has 2 aromatic carbocycles. The van der Waals surface area contributed by atoms with Gasteiger partial charge in [-0.25, -0.2) is 14.6 Å². The molecule has 3 heterocycles. The number of ether oxygens (including phenoxy) is 3. The fourth-order valence-electron chi connectivity index (χ4n) is 4.09. The topological polar surface area (TPSA) is 129 Å². The van der Waals surface area contributed by atoms with E-state index in [1.54, 1.807) is 53.4 Å². The maximum absolute atomic E-state index is 12.8. The molecule has 0 radical (unpaired) electrons. The molecule has 2 aromatic heterocycles. The first-order valence-electron chi connectivity index (χ1n) is 12.3. The Balaban J connectivity index is 1.27. The normalized spacial score (nSPS) is 14.1. The Labute approximate surface area is 229 Å². The third-order valence-corrected chi connectivity index (χ3v) is 6.39. The number of amides is 1. The maximum Gasteiger partial charge on any atom is 0.254 e. The number of anilines is 2. The number of rotatable bonds is 9. The van der Waals surface area contributed by atoms with Gasteiger partial charge >= 0.3 is 0 Å². The van der Waals surface area contributed by atoms with Gasteiger partial charge in [0.15, 0.2) is 0 Å². The number of benzene rings is 2. The molecule has 1 unspecified atom stereocenters. The molecule has 1 amide bonds. The number of halogens is 1. The third-order valence-electron chi connectivity index (χ3n) is 6.07. The number of hydrogen-bond acceptors (Lipinski definition) is 10. The average Bonchev–Trinajstić information content (AvgIpc) is 3.48. The second-order valence-electron chi connectivity index (χ2n) is 8.85. The summed E-state index contributed by atoms with van der Waals surface area (Å²) in [6, 6.07) is 10.7. The number of nitrogens with zero attached hydrogens (tertiary/aromatic N) is 7. The van der Waals surface area contributed by atoms with Crippen molar-refractivity contribution in [1.29, 1.82) is 0 Å². The molecular formula is C26H27ClN8O4. The molecule has 1 aliphatic heterocycles. The van der Waals surface area contributed by atoms with Crippen LogP contribution in [0.3, 0.4) is 0 Å². The van der Waals surface area contributed by atoms with E-state index in [1.165, 1.54) is 6.33 Å². The molecule has 0 spiro atoms. The van der Waals surface area contributed by atoms with Gasteiger partial charge in [-0.2, -0.15) is 0 Å². The zero-order valence-corrected chi connectivity index (χ0v) is 22.2. The van der Waals surface area contributed by atoms with Gasteiger partial charge < -0.3 is 24.4 Å². The van der Waals surface area contributed by atoms with Gasteiger partial charge in [0.05, 0.1) is 37.6 Å². The van der Waals surface area contributed by atoms with Crippen molar-refractivity contribution in [2.75, 3.05) is 38.7 Å². The number of methoxy groups -OCH3 is 1. The molecule has 13 heteroatoms. The minimum atomic E-state index is -0.213. The molecule has 12 nitrogen and oxygen atoms in total. The summed E-state index contributed by atoms with van der Waals surface area (Å²) in [5.74, 6) is 1.37. The molecule has 0 aliphatic carbocycles. The van der Waals surface area contributed by atoms with E-state index in [0.717, 1.165) is 11.1 Å². The van der Waals surface area contributed by atoms with Crippen molar-refractivity contribution in [3.63, 3.8) is 0 Å². The van der Waals surface area contributed by atoms with Crippen molar-refractivity contribution in [2.45, 2.75) is 19.6 Å². The van der Waals surface area contributed by atoms with Crippen molar-refractivity contribution < 1.29 is 19.0 Å². The van der Waals surface area contributed by atoms with Gasteiger partial charge in [-0.15, -0.1) is 5.10 Å². The Morgan fingerprint density at radius 2 is 1.90 bits per heavy atom. The Bertz CT molecular complexity index is 1410. The van der Waals surface area contributed by atoms with E-state index < -0.39 is 0 Å². The Hall–Kier alpha value is -4.29. The molecule has 1 fully saturated rings. The first-order valence-corrected chi connectivity index (χ1v) is 12.7. The van der Waals surface area contributed by atoms with Gasteiger partial charge in [0.25, 0.3) is 5.91 Å². The van der Waals surface area contributed by atoms with E-state index in [-0.39, 0.29) is 12.0 Å². The van der Waals surface area contributed by atoms with Crippen LogP contribution >= 0.6 is 11.6 Å². The predicted molar refractivity (Wildman–Crippen MR) is 143 cm³/mol. The highest BCUT2D eigenvalue weighted by molar-refractivity contribution is 6.32. The predicted octanol–water partition coefficient (Wildman–Crippen LogP) is 3.48. The lowest BCUT2D eigenvalue weighted by molar-refractivity contribution is 0.0302. The molecule has 1 aliphatic rings. The fraction of sp³-hybridized carbons (Fsp3) is 0.308. The van der Waals surface area contributed by atoms with Crippen LogP contribution in [0, 0.1) is 0 Å². The zero-order valence-electron chi connectivity index (χ0n) is 21.5. The lowest BCUT2D eigenvalue weighted by Crippen LogP contribution is -2.40. The van der Waals surface area contributed by atoms with E-state index in [0.29, 0.717) is 66.6 Å². The van der Waals surface area contributed by atoms with Crippen molar-refractivity contribution in [3.05, 3.63) is 65.7 Å². The van der Waals surface area contributed by atoms with Gasteiger partial charge in [0, 0.05) is 36.6 Å². The number of carbonyl (C=O) groups is 1. The first-order chi connectivity index (χ1) is 19.0. The van der Waals surface area contributed by atoms with Crippen molar-refractivity contribution >= 4 is 29.1 Å². The summed E-state index contributed by atoms with van der Waals surface area (Å²) in [7, 11) is 1.55. The number of nitrogens with one attached hydrogen (secondary N) is 1. The minimum absolute atomic E-state index is 0.0557. The van der Waals surface area contributed by atoms with Gasteiger partial charge in [-0.3, -0.25) is 4.79 Å². The van der Waals surface area contributed by atoms with E-state index in [4.69, 9.17) is 25.8 Å². The first kappa shape index (κ1) is 26.3. The second kappa shape index (κ2) is 12.0. The van der Waals surface area contributed by atoms with Crippen LogP contribution in [0.4, 0.5) is 11.6 Å². The summed E-state index contributed by atoms with van der Waals surface area (Å²) in [5.41, 5.74) is 2.82. The SMILES string of the molecule is COc1cc(C(=O)N2CCOCC2)ccc1Nc1ncc(-c2ccc(Cl)c(OC(C)Cn3cnnn3)c2)cn1. The Kier molecular flexibility index (Phi) is 8.13.